The maximum atomic E-state index is 13.0. The zero-order valence-corrected chi connectivity index (χ0v) is 8.88. The van der Waals surface area contributed by atoms with Gasteiger partial charge in [-0.2, -0.15) is 0 Å². The summed E-state index contributed by atoms with van der Waals surface area (Å²) in [7, 11) is 0. The molecule has 2 heterocycles. The maximum absolute atomic E-state index is 13.0. The van der Waals surface area contributed by atoms with Crippen molar-refractivity contribution in [2.45, 2.75) is 18.8 Å². The van der Waals surface area contributed by atoms with Gasteiger partial charge in [-0.1, -0.05) is 0 Å². The fourth-order valence-corrected chi connectivity index (χ4v) is 3.17. The van der Waals surface area contributed by atoms with Crippen LogP contribution in [0.1, 0.15) is 12.8 Å². The standard InChI is InChI=1S/C11H18F2N2/c12-11(13)9-6-15(7-10(9)11)5-8-1-3-14-4-2-8/h8-10,14H,1-7H2. The van der Waals surface area contributed by atoms with E-state index in [9.17, 15) is 8.78 Å². The number of nitrogens with one attached hydrogen (secondary N) is 1. The second-order valence-corrected chi connectivity index (χ2v) is 5.30. The first kappa shape index (κ1) is 9.97. The average Bonchev–Trinajstić information content (AvgIpc) is 2.64. The van der Waals surface area contributed by atoms with Crippen molar-refractivity contribution in [2.24, 2.45) is 17.8 Å². The van der Waals surface area contributed by atoms with Crippen molar-refractivity contribution in [2.75, 3.05) is 32.7 Å². The normalized spacial score (nSPS) is 40.4. The number of piperidine rings is 2. The SMILES string of the molecule is FC1(F)C2CN(CC3CCNCC3)CC21. The molecule has 4 heteroatoms. The molecule has 3 fully saturated rings. The molecule has 86 valence electrons. The van der Waals surface area contributed by atoms with Crippen molar-refractivity contribution in [3.8, 4) is 0 Å². The van der Waals surface area contributed by atoms with Crippen LogP contribution < -0.4 is 5.32 Å². The molecule has 0 radical (unpaired) electrons. The van der Waals surface area contributed by atoms with E-state index in [-0.39, 0.29) is 11.8 Å². The Kier molecular flexibility index (Phi) is 2.25. The van der Waals surface area contributed by atoms with E-state index in [1.807, 2.05) is 0 Å². The molecule has 3 aliphatic rings. The van der Waals surface area contributed by atoms with Crippen LogP contribution in [0.3, 0.4) is 0 Å². The molecule has 0 amide bonds. The van der Waals surface area contributed by atoms with Gasteiger partial charge in [-0.05, 0) is 31.8 Å². The molecule has 15 heavy (non-hydrogen) atoms. The summed E-state index contributed by atoms with van der Waals surface area (Å²) in [5, 5.41) is 3.33. The summed E-state index contributed by atoms with van der Waals surface area (Å²) in [6, 6.07) is 0. The summed E-state index contributed by atoms with van der Waals surface area (Å²) >= 11 is 0. The van der Waals surface area contributed by atoms with Gasteiger partial charge in [-0.25, -0.2) is 8.78 Å². The summed E-state index contributed by atoms with van der Waals surface area (Å²) in [6.45, 7) is 4.52. The van der Waals surface area contributed by atoms with Gasteiger partial charge in [-0.15, -0.1) is 0 Å². The van der Waals surface area contributed by atoms with Gasteiger partial charge < -0.3 is 10.2 Å². The molecule has 3 rings (SSSR count). The minimum Gasteiger partial charge on any atom is -0.317 e. The Labute approximate surface area is 89.0 Å². The largest absolute Gasteiger partial charge is 0.317 e. The molecule has 2 unspecified atom stereocenters. The third-order valence-corrected chi connectivity index (χ3v) is 4.25. The van der Waals surface area contributed by atoms with E-state index in [0.29, 0.717) is 13.1 Å². The van der Waals surface area contributed by atoms with Crippen molar-refractivity contribution in [1.29, 1.82) is 0 Å². The van der Waals surface area contributed by atoms with Gasteiger partial charge in [-0.3, -0.25) is 0 Å². The van der Waals surface area contributed by atoms with Gasteiger partial charge in [0, 0.05) is 31.5 Å². The van der Waals surface area contributed by atoms with E-state index in [4.69, 9.17) is 0 Å². The molecule has 2 nitrogen and oxygen atoms in total. The molecule has 0 aromatic heterocycles. The lowest BCUT2D eigenvalue weighted by Crippen LogP contribution is -2.37. The van der Waals surface area contributed by atoms with E-state index in [1.165, 1.54) is 12.8 Å². The minimum absolute atomic E-state index is 0.306. The van der Waals surface area contributed by atoms with Crippen LogP contribution in [0, 0.1) is 17.8 Å². The molecule has 0 bridgehead atoms. The highest BCUT2D eigenvalue weighted by Gasteiger charge is 2.71. The smallest absolute Gasteiger partial charge is 0.257 e. The number of rotatable bonds is 2. The van der Waals surface area contributed by atoms with E-state index in [2.05, 4.69) is 10.2 Å². The number of hydrogen-bond acceptors (Lipinski definition) is 2. The Bertz CT molecular complexity index is 237. The van der Waals surface area contributed by atoms with E-state index in [0.717, 1.165) is 25.6 Å². The molecule has 1 aliphatic carbocycles. The lowest BCUT2D eigenvalue weighted by Gasteiger charge is -2.28. The summed E-state index contributed by atoms with van der Waals surface area (Å²) in [5.74, 6) is -2.19. The van der Waals surface area contributed by atoms with Crippen LogP contribution in [-0.4, -0.2) is 43.5 Å². The lowest BCUT2D eigenvalue weighted by atomic mass is 9.97. The predicted molar refractivity (Wildman–Crippen MR) is 54.0 cm³/mol. The Morgan fingerprint density at radius 2 is 1.73 bits per heavy atom. The highest BCUT2D eigenvalue weighted by Crippen LogP contribution is 2.59. The molecule has 0 aromatic rings. The molecular weight excluding hydrogens is 198 g/mol. The first-order valence-corrected chi connectivity index (χ1v) is 5.99. The predicted octanol–water partition coefficient (Wildman–Crippen LogP) is 1.18. The Morgan fingerprint density at radius 3 is 2.33 bits per heavy atom. The number of alkyl halides is 2. The fraction of sp³-hybridized carbons (Fsp3) is 1.00. The van der Waals surface area contributed by atoms with Crippen LogP contribution in [0.5, 0.6) is 0 Å². The Balaban J connectivity index is 1.47. The van der Waals surface area contributed by atoms with Crippen LogP contribution in [0.15, 0.2) is 0 Å². The highest BCUT2D eigenvalue weighted by atomic mass is 19.3. The first-order valence-electron chi connectivity index (χ1n) is 5.99. The zero-order valence-electron chi connectivity index (χ0n) is 8.88. The van der Waals surface area contributed by atoms with Crippen LogP contribution in [0.2, 0.25) is 0 Å². The minimum atomic E-state index is -2.31. The average molecular weight is 216 g/mol. The van der Waals surface area contributed by atoms with E-state index < -0.39 is 5.92 Å². The van der Waals surface area contributed by atoms with E-state index >= 15 is 0 Å². The van der Waals surface area contributed by atoms with Gasteiger partial charge >= 0.3 is 0 Å². The molecule has 2 atom stereocenters. The summed E-state index contributed by atoms with van der Waals surface area (Å²) in [6.07, 6.45) is 2.42. The number of hydrogen-bond donors (Lipinski definition) is 1. The molecule has 2 aliphatic heterocycles. The Morgan fingerprint density at radius 1 is 1.13 bits per heavy atom. The second kappa shape index (κ2) is 3.39. The van der Waals surface area contributed by atoms with Crippen LogP contribution in [0.25, 0.3) is 0 Å². The summed E-state index contributed by atoms with van der Waals surface area (Å²) in [5.41, 5.74) is 0. The van der Waals surface area contributed by atoms with Gasteiger partial charge in [0.1, 0.15) is 0 Å². The fourth-order valence-electron chi connectivity index (χ4n) is 3.17. The van der Waals surface area contributed by atoms with Gasteiger partial charge in [0.2, 0.25) is 0 Å². The first-order chi connectivity index (χ1) is 7.18. The summed E-state index contributed by atoms with van der Waals surface area (Å²) in [4.78, 5) is 2.25. The van der Waals surface area contributed by atoms with Crippen LogP contribution >= 0.6 is 0 Å². The van der Waals surface area contributed by atoms with E-state index in [1.54, 1.807) is 0 Å². The van der Waals surface area contributed by atoms with Crippen LogP contribution in [0.4, 0.5) is 8.78 Å². The maximum Gasteiger partial charge on any atom is 0.257 e. The molecule has 1 N–H and O–H groups in total. The highest BCUT2D eigenvalue weighted by molar-refractivity contribution is 5.12. The van der Waals surface area contributed by atoms with Crippen molar-refractivity contribution >= 4 is 0 Å². The lowest BCUT2D eigenvalue weighted by molar-refractivity contribution is 0.0490. The number of fused-ring (bicyclic) bond motifs is 1. The quantitative estimate of drug-likeness (QED) is 0.745. The van der Waals surface area contributed by atoms with Gasteiger partial charge in [0.15, 0.2) is 0 Å². The molecule has 0 aromatic carbocycles. The molecule has 1 saturated carbocycles. The van der Waals surface area contributed by atoms with Crippen molar-refractivity contribution in [1.82, 2.24) is 10.2 Å². The van der Waals surface area contributed by atoms with Crippen molar-refractivity contribution < 1.29 is 8.78 Å². The number of nitrogens with zero attached hydrogens (tertiary/aromatic N) is 1. The monoisotopic (exact) mass is 216 g/mol. The zero-order chi connectivity index (χ0) is 10.5. The van der Waals surface area contributed by atoms with Gasteiger partial charge in [0.05, 0.1) is 0 Å². The number of halogens is 2. The summed E-state index contributed by atoms with van der Waals surface area (Å²) < 4.78 is 25.9. The third kappa shape index (κ3) is 1.68. The van der Waals surface area contributed by atoms with Crippen molar-refractivity contribution in [3.63, 3.8) is 0 Å². The second-order valence-electron chi connectivity index (χ2n) is 5.30. The third-order valence-electron chi connectivity index (χ3n) is 4.25. The van der Waals surface area contributed by atoms with Gasteiger partial charge in [0.25, 0.3) is 5.92 Å². The Hall–Kier alpha value is -0.220. The van der Waals surface area contributed by atoms with Crippen molar-refractivity contribution in [3.05, 3.63) is 0 Å². The molecule has 0 spiro atoms. The molecular formula is C11H18F2N2. The topological polar surface area (TPSA) is 15.3 Å². The number of likely N-dealkylation sites (tertiary alicyclic amines) is 1. The molecule has 2 saturated heterocycles. The van der Waals surface area contributed by atoms with Crippen LogP contribution in [-0.2, 0) is 0 Å².